The largest absolute Gasteiger partial charge is 0.494 e. The maximum Gasteiger partial charge on any atom is 0.348 e. The van der Waals surface area contributed by atoms with E-state index in [0.29, 0.717) is 28.5 Å². The molecule has 4 aromatic rings. The van der Waals surface area contributed by atoms with Crippen LogP contribution in [0.3, 0.4) is 0 Å². The number of esters is 1. The lowest BCUT2D eigenvalue weighted by Crippen LogP contribution is -2.45. The normalized spacial score (nSPS) is 12.2. The number of rotatable bonds is 10. The number of amides is 1. The number of methoxy groups -OCH3 is 1. The van der Waals surface area contributed by atoms with Gasteiger partial charge in [0, 0.05) is 10.4 Å². The van der Waals surface area contributed by atoms with Gasteiger partial charge in [0.2, 0.25) is 15.9 Å². The minimum atomic E-state index is -4.03. The zero-order valence-corrected chi connectivity index (χ0v) is 22.8. The average molecular weight is 553 g/mol. The number of benzene rings is 3. The van der Waals surface area contributed by atoms with Crippen molar-refractivity contribution in [3.63, 3.8) is 0 Å². The Bertz CT molecular complexity index is 1570. The van der Waals surface area contributed by atoms with E-state index in [1.54, 1.807) is 37.3 Å². The molecule has 38 heavy (non-hydrogen) atoms. The third-order valence-electron chi connectivity index (χ3n) is 5.82. The van der Waals surface area contributed by atoms with E-state index >= 15 is 0 Å². The predicted octanol–water partition coefficient (Wildman–Crippen LogP) is 4.92. The fourth-order valence-corrected chi connectivity index (χ4v) is 6.19. The van der Waals surface area contributed by atoms with Gasteiger partial charge in [-0.2, -0.15) is 4.72 Å². The van der Waals surface area contributed by atoms with Crippen LogP contribution in [-0.2, 0) is 26.0 Å². The van der Waals surface area contributed by atoms with Gasteiger partial charge in [-0.15, -0.1) is 11.3 Å². The number of anilines is 1. The molecule has 0 spiro atoms. The van der Waals surface area contributed by atoms with Gasteiger partial charge in [-0.25, -0.2) is 13.2 Å². The smallest absolute Gasteiger partial charge is 0.348 e. The van der Waals surface area contributed by atoms with Crippen LogP contribution in [0.1, 0.15) is 27.7 Å². The van der Waals surface area contributed by atoms with Gasteiger partial charge in [-0.1, -0.05) is 30.3 Å². The summed E-state index contributed by atoms with van der Waals surface area (Å²) in [6, 6.07) is 19.6. The van der Waals surface area contributed by atoms with Crippen LogP contribution in [0.15, 0.2) is 77.7 Å². The highest BCUT2D eigenvalue weighted by atomic mass is 32.2. The van der Waals surface area contributed by atoms with Gasteiger partial charge in [0.05, 0.1) is 18.6 Å². The van der Waals surface area contributed by atoms with E-state index in [-0.39, 0.29) is 11.3 Å². The summed E-state index contributed by atoms with van der Waals surface area (Å²) in [6.07, 6.45) is 0.148. The Balaban J connectivity index is 1.59. The van der Waals surface area contributed by atoms with Crippen molar-refractivity contribution in [1.29, 1.82) is 0 Å². The number of ether oxygens (including phenoxy) is 2. The molecule has 198 valence electrons. The zero-order chi connectivity index (χ0) is 27.3. The number of fused-ring (bicyclic) bond motifs is 1. The highest BCUT2D eigenvalue weighted by Crippen LogP contribution is 2.29. The van der Waals surface area contributed by atoms with Gasteiger partial charge in [0.25, 0.3) is 0 Å². The van der Waals surface area contributed by atoms with Crippen LogP contribution in [0, 0.1) is 6.92 Å². The van der Waals surface area contributed by atoms with Crippen molar-refractivity contribution in [2.24, 2.45) is 0 Å². The zero-order valence-electron chi connectivity index (χ0n) is 21.2. The first-order valence-electron chi connectivity index (χ1n) is 11.9. The molecule has 0 radical (unpaired) electrons. The second-order valence-electron chi connectivity index (χ2n) is 8.57. The molecular formula is C28H28N2O6S2. The molecule has 0 fully saturated rings. The van der Waals surface area contributed by atoms with E-state index in [2.05, 4.69) is 10.0 Å². The third-order valence-corrected chi connectivity index (χ3v) is 8.39. The minimum absolute atomic E-state index is 0.0411. The van der Waals surface area contributed by atoms with Crippen molar-refractivity contribution >= 4 is 49.0 Å². The molecule has 8 nitrogen and oxygen atoms in total. The monoisotopic (exact) mass is 552 g/mol. The molecule has 0 saturated carbocycles. The van der Waals surface area contributed by atoms with Crippen LogP contribution in [0.25, 0.3) is 10.1 Å². The van der Waals surface area contributed by atoms with Crippen LogP contribution in [0.4, 0.5) is 5.69 Å². The van der Waals surface area contributed by atoms with Gasteiger partial charge in [-0.05, 0) is 79.2 Å². The molecule has 0 aliphatic heterocycles. The summed E-state index contributed by atoms with van der Waals surface area (Å²) in [5, 5.41) is 3.58. The Morgan fingerprint density at radius 1 is 1.00 bits per heavy atom. The van der Waals surface area contributed by atoms with E-state index in [4.69, 9.17) is 9.47 Å². The lowest BCUT2D eigenvalue weighted by Gasteiger charge is -2.19. The minimum Gasteiger partial charge on any atom is -0.494 e. The lowest BCUT2D eigenvalue weighted by molar-refractivity contribution is -0.117. The quantitative estimate of drug-likeness (QED) is 0.270. The Hall–Kier alpha value is -3.73. The number of hydrogen-bond donors (Lipinski definition) is 2. The van der Waals surface area contributed by atoms with Crippen molar-refractivity contribution < 1.29 is 27.5 Å². The molecule has 2 N–H and O–H groups in total. The first-order chi connectivity index (χ1) is 18.2. The van der Waals surface area contributed by atoms with Crippen LogP contribution < -0.4 is 14.8 Å². The number of thiophene rings is 1. The second-order valence-corrected chi connectivity index (χ2v) is 11.4. The molecule has 3 aromatic carbocycles. The summed E-state index contributed by atoms with van der Waals surface area (Å²) < 4.78 is 40.4. The molecule has 1 amide bonds. The van der Waals surface area contributed by atoms with Gasteiger partial charge in [0.1, 0.15) is 16.7 Å². The van der Waals surface area contributed by atoms with Crippen LogP contribution in [0.5, 0.6) is 5.75 Å². The maximum atomic E-state index is 13.4. The summed E-state index contributed by atoms with van der Waals surface area (Å²) >= 11 is 1.29. The number of nitrogens with one attached hydrogen (secondary N) is 2. The van der Waals surface area contributed by atoms with Gasteiger partial charge in [0.15, 0.2) is 0 Å². The fourth-order valence-electron chi connectivity index (χ4n) is 3.95. The second kappa shape index (κ2) is 11.8. The molecule has 4 rings (SSSR count). The summed E-state index contributed by atoms with van der Waals surface area (Å²) in [7, 11) is -2.71. The number of carbonyl (C=O) groups excluding carboxylic acids is 2. The summed E-state index contributed by atoms with van der Waals surface area (Å²) in [6.45, 7) is 4.09. The predicted molar refractivity (Wildman–Crippen MR) is 148 cm³/mol. The fraction of sp³-hybridized carbons (Fsp3) is 0.214. The van der Waals surface area contributed by atoms with Gasteiger partial charge < -0.3 is 14.8 Å². The first kappa shape index (κ1) is 27.3. The number of sulfonamides is 1. The highest BCUT2D eigenvalue weighted by molar-refractivity contribution is 7.89. The van der Waals surface area contributed by atoms with E-state index in [1.165, 1.54) is 30.6 Å². The van der Waals surface area contributed by atoms with E-state index in [9.17, 15) is 18.0 Å². The van der Waals surface area contributed by atoms with Gasteiger partial charge >= 0.3 is 5.97 Å². The van der Waals surface area contributed by atoms with Crippen LogP contribution in [0.2, 0.25) is 0 Å². The Labute approximate surface area is 225 Å². The first-order valence-corrected chi connectivity index (χ1v) is 14.2. The molecule has 0 bridgehead atoms. The summed E-state index contributed by atoms with van der Waals surface area (Å²) in [5.41, 5.74) is 1.95. The average Bonchev–Trinajstić information content (AvgIpc) is 3.33. The molecule has 1 unspecified atom stereocenters. The van der Waals surface area contributed by atoms with E-state index in [1.807, 2.05) is 37.3 Å². The standard InChI is InChI=1S/C28H28N2O6S2/c1-4-36-24-12-11-22(14-18(24)2)38(33,34)30-23(15-19-8-6-5-7-9-19)27(31)29-21-10-13-25-20(16-21)17-26(37-25)28(32)35-3/h5-14,16-17,23,30H,4,15H2,1-3H3,(H,29,31). The van der Waals surface area contributed by atoms with Gasteiger partial charge in [-0.3, -0.25) is 4.79 Å². The maximum absolute atomic E-state index is 13.4. The van der Waals surface area contributed by atoms with Crippen molar-refractivity contribution in [1.82, 2.24) is 4.72 Å². The molecule has 1 atom stereocenters. The number of carbonyl (C=O) groups is 2. The van der Waals surface area contributed by atoms with E-state index in [0.717, 1.165) is 15.6 Å². The van der Waals surface area contributed by atoms with Crippen molar-refractivity contribution in [3.05, 3.63) is 88.8 Å². The topological polar surface area (TPSA) is 111 Å². The molecule has 0 saturated heterocycles. The lowest BCUT2D eigenvalue weighted by atomic mass is 10.1. The molecule has 0 aliphatic carbocycles. The van der Waals surface area contributed by atoms with Crippen LogP contribution in [-0.4, -0.2) is 40.1 Å². The molecule has 1 aromatic heterocycles. The van der Waals surface area contributed by atoms with Crippen molar-refractivity contribution in [2.75, 3.05) is 19.0 Å². The summed E-state index contributed by atoms with van der Waals surface area (Å²) in [4.78, 5) is 25.8. The van der Waals surface area contributed by atoms with Crippen LogP contribution >= 0.6 is 11.3 Å². The Kier molecular flexibility index (Phi) is 8.45. The van der Waals surface area contributed by atoms with E-state index < -0.39 is 27.9 Å². The Morgan fingerprint density at radius 3 is 2.45 bits per heavy atom. The molecule has 1 heterocycles. The summed E-state index contributed by atoms with van der Waals surface area (Å²) in [5.74, 6) is -0.342. The SMILES string of the molecule is CCOc1ccc(S(=O)(=O)NC(Cc2ccccc2)C(=O)Nc2ccc3sc(C(=O)OC)cc3c2)cc1C. The molecular weight excluding hydrogens is 524 g/mol. The van der Waals surface area contributed by atoms with Crippen molar-refractivity contribution in [3.8, 4) is 5.75 Å². The van der Waals surface area contributed by atoms with Crippen molar-refractivity contribution in [2.45, 2.75) is 31.2 Å². The molecule has 10 heteroatoms. The number of hydrogen-bond acceptors (Lipinski definition) is 7. The highest BCUT2D eigenvalue weighted by Gasteiger charge is 2.27. The molecule has 0 aliphatic rings. The third kappa shape index (κ3) is 6.39. The Morgan fingerprint density at radius 2 is 1.76 bits per heavy atom. The number of aryl methyl sites for hydroxylation is 1.